The van der Waals surface area contributed by atoms with Gasteiger partial charge in [0.1, 0.15) is 12.4 Å². The Balaban J connectivity index is 1.34. The van der Waals surface area contributed by atoms with Crippen molar-refractivity contribution in [2.75, 3.05) is 31.1 Å². The Labute approximate surface area is 244 Å². The highest BCUT2D eigenvalue weighted by Gasteiger charge is 2.30. The van der Waals surface area contributed by atoms with Gasteiger partial charge in [0.2, 0.25) is 11.9 Å². The molecule has 0 aliphatic carbocycles. The van der Waals surface area contributed by atoms with E-state index >= 15 is 0 Å². The number of fused-ring (bicyclic) bond motifs is 1. The molecule has 2 aromatic heterocycles. The number of rotatable bonds is 9. The molecule has 1 atom stereocenters. The van der Waals surface area contributed by atoms with E-state index in [2.05, 4.69) is 19.2 Å². The number of phosphoric acid groups is 1. The van der Waals surface area contributed by atoms with Crippen LogP contribution in [-0.2, 0) is 27.5 Å². The number of anilines is 1. The molecule has 5 rings (SSSR count). The van der Waals surface area contributed by atoms with Crippen LogP contribution < -0.4 is 15.2 Å². The van der Waals surface area contributed by atoms with E-state index in [1.165, 1.54) is 15.6 Å². The van der Waals surface area contributed by atoms with Crippen molar-refractivity contribution in [2.24, 2.45) is 7.05 Å². The first-order chi connectivity index (χ1) is 20.4. The van der Waals surface area contributed by atoms with Gasteiger partial charge in [-0.05, 0) is 30.7 Å². The van der Waals surface area contributed by atoms with Gasteiger partial charge in [-0.3, -0.25) is 23.5 Å². The molecule has 1 aliphatic rings. The van der Waals surface area contributed by atoms with E-state index in [1.54, 1.807) is 54.5 Å². The van der Waals surface area contributed by atoms with Crippen molar-refractivity contribution < 1.29 is 37.2 Å². The predicted octanol–water partition coefficient (Wildman–Crippen LogP) is 2.59. The number of alkyl halides is 2. The summed E-state index contributed by atoms with van der Waals surface area (Å²) >= 11 is 0. The second kappa shape index (κ2) is 12.2. The van der Waals surface area contributed by atoms with Crippen LogP contribution in [0.4, 0.5) is 14.7 Å². The fraction of sp³-hybridized carbons (Fsp3) is 0.333. The van der Waals surface area contributed by atoms with E-state index in [1.807, 2.05) is 17.9 Å². The van der Waals surface area contributed by atoms with Crippen LogP contribution in [0.15, 0.2) is 59.7 Å². The number of carbonyl (C=O) groups is 1. The molecule has 16 heteroatoms. The normalized spacial score (nSPS) is 15.8. The van der Waals surface area contributed by atoms with Gasteiger partial charge in [0.15, 0.2) is 0 Å². The summed E-state index contributed by atoms with van der Waals surface area (Å²) in [6.45, 7) is -0.661. The van der Waals surface area contributed by atoms with Crippen LogP contribution in [0.2, 0.25) is 0 Å². The number of nitrogens with zero attached hydrogens (tertiary/aromatic N) is 6. The van der Waals surface area contributed by atoms with Gasteiger partial charge in [-0.2, -0.15) is 8.78 Å². The smallest absolute Gasteiger partial charge is 0.434 e. The third kappa shape index (κ3) is 6.75. The topological polar surface area (TPSA) is 152 Å². The maximum Gasteiger partial charge on any atom is 0.470 e. The summed E-state index contributed by atoms with van der Waals surface area (Å²) in [5, 5.41) is 0.462. The highest BCUT2D eigenvalue weighted by atomic mass is 31.2. The van der Waals surface area contributed by atoms with E-state index in [4.69, 9.17) is 9.79 Å². The van der Waals surface area contributed by atoms with Gasteiger partial charge in [-0.15, -0.1) is 0 Å². The van der Waals surface area contributed by atoms with Crippen molar-refractivity contribution >= 4 is 30.6 Å². The van der Waals surface area contributed by atoms with Crippen LogP contribution in [0.5, 0.6) is 5.75 Å². The fourth-order valence-corrected chi connectivity index (χ4v) is 5.39. The van der Waals surface area contributed by atoms with Gasteiger partial charge in [0, 0.05) is 56.2 Å². The number of benzene rings is 2. The van der Waals surface area contributed by atoms with Crippen molar-refractivity contribution in [1.29, 1.82) is 0 Å². The molecule has 0 spiro atoms. The standard InChI is InChI=1S/C27H29F2N6O7P/c1-17-14-33(9-10-34(17)24(36)16-41-43(38,39)40)27-30-12-20(13-31-27)18-7-8-21-22(11-18)35(32(2)25(21)37)15-19-5-3-4-6-23(19)42-26(28)29/h3-8,11-13,17,26H,9-10,14-16H2,1-2H3,(H2,38,39,40). The number of piperazine rings is 1. The second-order valence-electron chi connectivity index (χ2n) is 10.0. The van der Waals surface area contributed by atoms with Crippen LogP contribution in [0.25, 0.3) is 22.0 Å². The molecular formula is C27H29F2N6O7P. The van der Waals surface area contributed by atoms with Crippen molar-refractivity contribution in [3.05, 3.63) is 70.8 Å². The van der Waals surface area contributed by atoms with Crippen molar-refractivity contribution in [2.45, 2.75) is 26.1 Å². The van der Waals surface area contributed by atoms with Gasteiger partial charge < -0.3 is 24.3 Å². The summed E-state index contributed by atoms with van der Waals surface area (Å²) in [5.74, 6) is -0.0463. The number of carbonyl (C=O) groups excluding carboxylic acids is 1. The lowest BCUT2D eigenvalue weighted by atomic mass is 10.1. The number of aromatic nitrogens is 4. The molecule has 0 bridgehead atoms. The number of halogens is 2. The van der Waals surface area contributed by atoms with Crippen LogP contribution in [0, 0.1) is 0 Å². The zero-order valence-electron chi connectivity index (χ0n) is 23.2. The maximum absolute atomic E-state index is 13.0. The van der Waals surface area contributed by atoms with Crippen molar-refractivity contribution in [3.8, 4) is 16.9 Å². The van der Waals surface area contributed by atoms with Gasteiger partial charge in [-0.1, -0.05) is 24.3 Å². The lowest BCUT2D eigenvalue weighted by molar-refractivity contribution is -0.136. The molecule has 0 saturated carbocycles. The largest absolute Gasteiger partial charge is 0.470 e. The van der Waals surface area contributed by atoms with E-state index in [0.717, 1.165) is 5.56 Å². The van der Waals surface area contributed by atoms with Crippen molar-refractivity contribution in [1.82, 2.24) is 24.2 Å². The maximum atomic E-state index is 13.0. The molecule has 1 aliphatic heterocycles. The second-order valence-corrected chi connectivity index (χ2v) is 11.3. The molecule has 2 N–H and O–H groups in total. The molecule has 2 aromatic carbocycles. The molecule has 0 radical (unpaired) electrons. The lowest BCUT2D eigenvalue weighted by Gasteiger charge is -2.39. The average molecular weight is 619 g/mol. The summed E-state index contributed by atoms with van der Waals surface area (Å²) in [7, 11) is -3.14. The third-order valence-corrected chi connectivity index (χ3v) is 7.69. The molecule has 3 heterocycles. The minimum Gasteiger partial charge on any atom is -0.434 e. The van der Waals surface area contributed by atoms with Gasteiger partial charge in [0.25, 0.3) is 5.56 Å². The minimum atomic E-state index is -4.75. The fourth-order valence-electron chi connectivity index (χ4n) is 5.11. The Morgan fingerprint density at radius 2 is 1.84 bits per heavy atom. The van der Waals surface area contributed by atoms with E-state index in [-0.39, 0.29) is 23.9 Å². The van der Waals surface area contributed by atoms with Gasteiger partial charge in [0.05, 0.1) is 17.4 Å². The molecule has 1 amide bonds. The van der Waals surface area contributed by atoms with E-state index in [9.17, 15) is 22.9 Å². The highest BCUT2D eigenvalue weighted by Crippen LogP contribution is 2.35. The number of ether oxygens (including phenoxy) is 1. The number of phosphoric ester groups is 1. The van der Waals surface area contributed by atoms with Gasteiger partial charge in [-0.25, -0.2) is 14.5 Å². The van der Waals surface area contributed by atoms with E-state index in [0.29, 0.717) is 47.6 Å². The summed E-state index contributed by atoms with van der Waals surface area (Å²) < 4.78 is 48.9. The number of amides is 1. The summed E-state index contributed by atoms with van der Waals surface area (Å²) in [6, 6.07) is 11.4. The monoisotopic (exact) mass is 618 g/mol. The van der Waals surface area contributed by atoms with Crippen LogP contribution in [-0.4, -0.2) is 78.8 Å². The molecule has 1 unspecified atom stereocenters. The molecule has 1 saturated heterocycles. The Morgan fingerprint density at radius 1 is 1.12 bits per heavy atom. The Kier molecular flexibility index (Phi) is 8.60. The quantitative estimate of drug-likeness (QED) is 0.268. The average Bonchev–Trinajstić information content (AvgIpc) is 3.20. The minimum absolute atomic E-state index is 0.0286. The van der Waals surface area contributed by atoms with Crippen LogP contribution >= 0.6 is 7.82 Å². The third-order valence-electron chi connectivity index (χ3n) is 7.23. The molecule has 4 aromatic rings. The molecule has 43 heavy (non-hydrogen) atoms. The zero-order valence-corrected chi connectivity index (χ0v) is 24.1. The predicted molar refractivity (Wildman–Crippen MR) is 152 cm³/mol. The van der Waals surface area contributed by atoms with Crippen LogP contribution in [0.1, 0.15) is 12.5 Å². The lowest BCUT2D eigenvalue weighted by Crippen LogP contribution is -2.55. The van der Waals surface area contributed by atoms with Gasteiger partial charge >= 0.3 is 14.4 Å². The summed E-state index contributed by atoms with van der Waals surface area (Å²) in [6.07, 6.45) is 3.30. The Hall–Kier alpha value is -4.17. The zero-order chi connectivity index (χ0) is 30.9. The van der Waals surface area contributed by atoms with Crippen molar-refractivity contribution in [3.63, 3.8) is 0 Å². The molecule has 13 nitrogen and oxygen atoms in total. The highest BCUT2D eigenvalue weighted by molar-refractivity contribution is 7.46. The Bertz CT molecular complexity index is 1740. The number of hydrogen-bond donors (Lipinski definition) is 2. The first kappa shape index (κ1) is 30.3. The van der Waals surface area contributed by atoms with Crippen LogP contribution in [0.3, 0.4) is 0 Å². The first-order valence-electron chi connectivity index (χ1n) is 13.2. The van der Waals surface area contributed by atoms with E-state index < -0.39 is 26.9 Å². The summed E-state index contributed by atoms with van der Waals surface area (Å²) in [4.78, 5) is 55.4. The molecular weight excluding hydrogens is 589 g/mol. The molecule has 228 valence electrons. The molecule has 1 fully saturated rings. The summed E-state index contributed by atoms with van der Waals surface area (Å²) in [5.41, 5.74) is 2.27. The first-order valence-corrected chi connectivity index (χ1v) is 14.7. The SMILES string of the molecule is CC1CN(c2ncc(-c3ccc4c(=O)n(C)n(Cc5ccccc5OC(F)F)c4c3)cn2)CCN1C(=O)COP(=O)(O)O. The Morgan fingerprint density at radius 3 is 2.51 bits per heavy atom. The number of hydrogen-bond acceptors (Lipinski definition) is 8. The number of para-hydroxylation sites is 1.